The van der Waals surface area contributed by atoms with Crippen molar-refractivity contribution in [2.75, 3.05) is 13.1 Å². The first-order valence-electron chi connectivity index (χ1n) is 7.93. The van der Waals surface area contributed by atoms with E-state index >= 15 is 0 Å². The van der Waals surface area contributed by atoms with Gasteiger partial charge in [-0.15, -0.1) is 0 Å². The molecule has 0 amide bonds. The zero-order valence-electron chi connectivity index (χ0n) is 14.0. The zero-order valence-corrected chi connectivity index (χ0v) is 14.0. The van der Waals surface area contributed by atoms with Gasteiger partial charge in [0.15, 0.2) is 11.6 Å². The molecule has 0 N–H and O–H groups in total. The summed E-state index contributed by atoms with van der Waals surface area (Å²) < 4.78 is 0. The molecule has 2 aliphatic rings. The SMILES string of the molecule is CC(=C1C(=O)CC(C)(C)CC1=O)/C(C)=C(\C)N1CCCC1. The van der Waals surface area contributed by atoms with Crippen LogP contribution >= 0.6 is 0 Å². The molecule has 0 unspecified atom stereocenters. The molecule has 2 fully saturated rings. The van der Waals surface area contributed by atoms with Crippen LogP contribution in [0.25, 0.3) is 0 Å². The molecule has 0 atom stereocenters. The number of hydrogen-bond donors (Lipinski definition) is 0. The second kappa shape index (κ2) is 5.78. The lowest BCUT2D eigenvalue weighted by Crippen LogP contribution is -2.32. The summed E-state index contributed by atoms with van der Waals surface area (Å²) in [5.74, 6) is 0.0321. The summed E-state index contributed by atoms with van der Waals surface area (Å²) in [6.45, 7) is 12.2. The first-order chi connectivity index (χ1) is 9.73. The molecular weight excluding hydrogens is 262 g/mol. The monoisotopic (exact) mass is 289 g/mol. The van der Waals surface area contributed by atoms with E-state index in [1.165, 1.54) is 18.5 Å². The van der Waals surface area contributed by atoms with Crippen LogP contribution in [0.1, 0.15) is 60.3 Å². The van der Waals surface area contributed by atoms with Crippen LogP contribution in [0.4, 0.5) is 0 Å². The number of Topliss-reactive ketones (excluding diaryl/α,β-unsaturated/α-hetero) is 2. The Kier molecular flexibility index (Phi) is 4.40. The van der Waals surface area contributed by atoms with Crippen molar-refractivity contribution >= 4 is 11.6 Å². The van der Waals surface area contributed by atoms with Gasteiger partial charge in [-0.2, -0.15) is 0 Å². The molecule has 1 heterocycles. The minimum atomic E-state index is -0.195. The van der Waals surface area contributed by atoms with E-state index < -0.39 is 0 Å². The molecule has 116 valence electrons. The van der Waals surface area contributed by atoms with E-state index in [4.69, 9.17) is 0 Å². The van der Waals surface area contributed by atoms with Crippen LogP contribution in [-0.4, -0.2) is 29.6 Å². The number of carbonyl (C=O) groups excluding carboxylic acids is 2. The van der Waals surface area contributed by atoms with Crippen LogP contribution < -0.4 is 0 Å². The van der Waals surface area contributed by atoms with E-state index in [1.807, 2.05) is 27.7 Å². The highest BCUT2D eigenvalue weighted by Gasteiger charge is 2.36. The van der Waals surface area contributed by atoms with Crippen molar-refractivity contribution in [3.8, 4) is 0 Å². The third-order valence-corrected chi connectivity index (χ3v) is 4.90. The molecule has 0 aromatic heterocycles. The number of ketones is 2. The number of rotatable bonds is 2. The molecule has 2 rings (SSSR count). The van der Waals surface area contributed by atoms with Crippen LogP contribution in [0.3, 0.4) is 0 Å². The Hall–Kier alpha value is -1.38. The maximum atomic E-state index is 12.4. The minimum absolute atomic E-state index is 0.0160. The van der Waals surface area contributed by atoms with Gasteiger partial charge in [0.25, 0.3) is 0 Å². The van der Waals surface area contributed by atoms with Gasteiger partial charge in [0.1, 0.15) is 0 Å². The standard InChI is InChI=1S/C18H27NO2/c1-12(14(3)19-8-6-7-9-19)13(2)17-15(20)10-18(4,5)11-16(17)21/h6-11H2,1-5H3/b14-12+. The van der Waals surface area contributed by atoms with E-state index in [0.29, 0.717) is 18.4 Å². The van der Waals surface area contributed by atoms with Gasteiger partial charge in [0.2, 0.25) is 0 Å². The molecule has 3 nitrogen and oxygen atoms in total. The van der Waals surface area contributed by atoms with Crippen LogP contribution in [0.5, 0.6) is 0 Å². The molecule has 0 aromatic carbocycles. The Morgan fingerprint density at radius 1 is 0.952 bits per heavy atom. The summed E-state index contributed by atoms with van der Waals surface area (Å²) in [5.41, 5.74) is 3.44. The summed E-state index contributed by atoms with van der Waals surface area (Å²) >= 11 is 0. The molecule has 21 heavy (non-hydrogen) atoms. The van der Waals surface area contributed by atoms with Crippen LogP contribution in [0, 0.1) is 5.41 Å². The van der Waals surface area contributed by atoms with E-state index in [0.717, 1.165) is 24.2 Å². The van der Waals surface area contributed by atoms with Gasteiger partial charge in [0.05, 0.1) is 5.57 Å². The highest BCUT2D eigenvalue weighted by Crippen LogP contribution is 2.36. The van der Waals surface area contributed by atoms with Gasteiger partial charge in [-0.3, -0.25) is 9.59 Å². The van der Waals surface area contributed by atoms with E-state index in [1.54, 1.807) is 0 Å². The Bertz CT molecular complexity index is 509. The lowest BCUT2D eigenvalue weighted by Gasteiger charge is -2.30. The smallest absolute Gasteiger partial charge is 0.167 e. The van der Waals surface area contributed by atoms with Crippen LogP contribution in [-0.2, 0) is 9.59 Å². The predicted octanol–water partition coefficient (Wildman–Crippen LogP) is 3.65. The molecule has 0 spiro atoms. The van der Waals surface area contributed by atoms with Gasteiger partial charge in [-0.25, -0.2) is 0 Å². The minimum Gasteiger partial charge on any atom is -0.375 e. The van der Waals surface area contributed by atoms with Crippen molar-refractivity contribution in [3.05, 3.63) is 22.4 Å². The third kappa shape index (κ3) is 3.28. The van der Waals surface area contributed by atoms with Gasteiger partial charge >= 0.3 is 0 Å². The lowest BCUT2D eigenvalue weighted by molar-refractivity contribution is -0.127. The predicted molar refractivity (Wildman–Crippen MR) is 84.9 cm³/mol. The zero-order chi connectivity index (χ0) is 15.8. The highest BCUT2D eigenvalue weighted by atomic mass is 16.1. The Morgan fingerprint density at radius 2 is 1.43 bits per heavy atom. The van der Waals surface area contributed by atoms with E-state index in [9.17, 15) is 9.59 Å². The largest absolute Gasteiger partial charge is 0.375 e. The first kappa shape index (κ1) is 16.0. The van der Waals surface area contributed by atoms with E-state index in [-0.39, 0.29) is 17.0 Å². The summed E-state index contributed by atoms with van der Waals surface area (Å²) in [7, 11) is 0. The quantitative estimate of drug-likeness (QED) is 0.575. The second-order valence-corrected chi connectivity index (χ2v) is 7.27. The number of carbonyl (C=O) groups is 2. The lowest BCUT2D eigenvalue weighted by atomic mass is 9.72. The molecular formula is C18H27NO2. The number of likely N-dealkylation sites (tertiary alicyclic amines) is 1. The Morgan fingerprint density at radius 3 is 1.90 bits per heavy atom. The molecule has 1 saturated carbocycles. The average molecular weight is 289 g/mol. The fraction of sp³-hybridized carbons (Fsp3) is 0.667. The Labute approximate surface area is 128 Å². The molecule has 1 aliphatic carbocycles. The summed E-state index contributed by atoms with van der Waals surface area (Å²) in [6, 6.07) is 0. The molecule has 1 saturated heterocycles. The highest BCUT2D eigenvalue weighted by molar-refractivity contribution is 6.23. The van der Waals surface area contributed by atoms with Crippen LogP contribution in [0.15, 0.2) is 22.4 Å². The van der Waals surface area contributed by atoms with Crippen molar-refractivity contribution in [3.63, 3.8) is 0 Å². The topological polar surface area (TPSA) is 37.4 Å². The van der Waals surface area contributed by atoms with Gasteiger partial charge < -0.3 is 4.90 Å². The normalized spacial score (nSPS) is 23.5. The van der Waals surface area contributed by atoms with Gasteiger partial charge in [-0.05, 0) is 50.2 Å². The van der Waals surface area contributed by atoms with Gasteiger partial charge in [0, 0.05) is 31.6 Å². The fourth-order valence-corrected chi connectivity index (χ4v) is 3.43. The summed E-state index contributed by atoms with van der Waals surface area (Å²) in [4.78, 5) is 27.2. The first-order valence-corrected chi connectivity index (χ1v) is 7.93. The number of allylic oxidation sites excluding steroid dienone is 4. The van der Waals surface area contributed by atoms with E-state index in [2.05, 4.69) is 11.8 Å². The maximum absolute atomic E-state index is 12.4. The molecule has 1 aliphatic heterocycles. The molecule has 3 heteroatoms. The summed E-state index contributed by atoms with van der Waals surface area (Å²) in [6.07, 6.45) is 3.40. The molecule has 0 radical (unpaired) electrons. The number of nitrogens with zero attached hydrogens (tertiary/aromatic N) is 1. The van der Waals surface area contributed by atoms with Crippen molar-refractivity contribution in [1.29, 1.82) is 0 Å². The van der Waals surface area contributed by atoms with Crippen molar-refractivity contribution in [2.45, 2.75) is 60.3 Å². The van der Waals surface area contributed by atoms with Crippen molar-refractivity contribution < 1.29 is 9.59 Å². The number of hydrogen-bond acceptors (Lipinski definition) is 3. The van der Waals surface area contributed by atoms with Crippen molar-refractivity contribution in [1.82, 2.24) is 4.90 Å². The van der Waals surface area contributed by atoms with Crippen LogP contribution in [0.2, 0.25) is 0 Å². The van der Waals surface area contributed by atoms with Crippen molar-refractivity contribution in [2.24, 2.45) is 5.41 Å². The second-order valence-electron chi connectivity index (χ2n) is 7.27. The average Bonchev–Trinajstić information content (AvgIpc) is 2.88. The maximum Gasteiger partial charge on any atom is 0.167 e. The third-order valence-electron chi connectivity index (χ3n) is 4.90. The molecule has 0 bridgehead atoms. The summed E-state index contributed by atoms with van der Waals surface area (Å²) in [5, 5.41) is 0. The Balaban J connectivity index is 2.36. The van der Waals surface area contributed by atoms with Gasteiger partial charge in [-0.1, -0.05) is 13.8 Å². The molecule has 0 aromatic rings. The fourth-order valence-electron chi connectivity index (χ4n) is 3.43.